The predicted molar refractivity (Wildman–Crippen MR) is 61.5 cm³/mol. The van der Waals surface area contributed by atoms with Gasteiger partial charge in [0, 0.05) is 6.42 Å². The molecule has 0 aliphatic heterocycles. The zero-order valence-corrected chi connectivity index (χ0v) is 9.56. The number of nitrogens with two attached hydrogens (primary N) is 1. The van der Waals surface area contributed by atoms with Crippen molar-refractivity contribution in [3.63, 3.8) is 0 Å². The highest BCUT2D eigenvalue weighted by Gasteiger charge is 2.27. The maximum Gasteiger partial charge on any atom is 0.323 e. The van der Waals surface area contributed by atoms with Crippen LogP contribution in [-0.2, 0) is 4.79 Å². The molecule has 1 atom stereocenters. The van der Waals surface area contributed by atoms with E-state index >= 15 is 0 Å². The van der Waals surface area contributed by atoms with Crippen LogP contribution in [0, 0.1) is 6.92 Å². The fourth-order valence-electron chi connectivity index (χ4n) is 1.19. The second-order valence-electron chi connectivity index (χ2n) is 4.14. The van der Waals surface area contributed by atoms with Crippen molar-refractivity contribution in [3.05, 3.63) is 29.8 Å². The number of carbonyl (C=O) groups is 1. The Morgan fingerprint density at radius 1 is 1.56 bits per heavy atom. The highest BCUT2D eigenvalue weighted by Crippen LogP contribution is 2.14. The number of rotatable bonds is 5. The van der Waals surface area contributed by atoms with Crippen LogP contribution in [-0.4, -0.2) is 23.2 Å². The molecule has 0 spiro atoms. The molecule has 88 valence electrons. The predicted octanol–water partition coefficient (Wildman–Crippen LogP) is 1.57. The number of aliphatic carboxylic acids is 1. The summed E-state index contributed by atoms with van der Waals surface area (Å²) in [7, 11) is 0. The molecule has 1 aromatic carbocycles. The molecule has 0 aromatic heterocycles. The van der Waals surface area contributed by atoms with Crippen LogP contribution in [0.5, 0.6) is 5.75 Å². The summed E-state index contributed by atoms with van der Waals surface area (Å²) in [5.41, 5.74) is 5.44. The number of hydrogen-bond acceptors (Lipinski definition) is 3. The quantitative estimate of drug-likeness (QED) is 0.794. The van der Waals surface area contributed by atoms with Gasteiger partial charge in [0.2, 0.25) is 0 Å². The van der Waals surface area contributed by atoms with Gasteiger partial charge in [-0.05, 0) is 31.5 Å². The third-order valence-corrected chi connectivity index (χ3v) is 2.37. The van der Waals surface area contributed by atoms with Crippen LogP contribution in [0.4, 0.5) is 0 Å². The molecule has 0 saturated carbocycles. The van der Waals surface area contributed by atoms with E-state index in [-0.39, 0.29) is 6.42 Å². The highest BCUT2D eigenvalue weighted by molar-refractivity contribution is 5.77. The van der Waals surface area contributed by atoms with Crippen LogP contribution in [0.25, 0.3) is 0 Å². The van der Waals surface area contributed by atoms with Gasteiger partial charge in [0.05, 0.1) is 6.61 Å². The molecule has 0 heterocycles. The van der Waals surface area contributed by atoms with E-state index in [2.05, 4.69) is 0 Å². The fraction of sp³-hybridized carbons (Fsp3) is 0.417. The Morgan fingerprint density at radius 3 is 2.81 bits per heavy atom. The Labute approximate surface area is 95.0 Å². The second kappa shape index (κ2) is 4.99. The Hall–Kier alpha value is -1.55. The number of aryl methyl sites for hydroxylation is 1. The van der Waals surface area contributed by atoms with Crippen LogP contribution in [0.1, 0.15) is 18.9 Å². The van der Waals surface area contributed by atoms with Crippen molar-refractivity contribution in [1.29, 1.82) is 0 Å². The summed E-state index contributed by atoms with van der Waals surface area (Å²) < 4.78 is 5.43. The number of benzene rings is 1. The summed E-state index contributed by atoms with van der Waals surface area (Å²) in [6.45, 7) is 3.74. The normalized spacial score (nSPS) is 14.2. The standard InChI is InChI=1S/C12H17NO3/c1-9-4-3-5-10(8-9)16-7-6-12(2,13)11(14)15/h3-5,8H,6-7,13H2,1-2H3,(H,14,15). The van der Waals surface area contributed by atoms with Crippen LogP contribution >= 0.6 is 0 Å². The molecular formula is C12H17NO3. The van der Waals surface area contributed by atoms with Crippen molar-refractivity contribution in [2.45, 2.75) is 25.8 Å². The largest absolute Gasteiger partial charge is 0.493 e. The van der Waals surface area contributed by atoms with Crippen molar-refractivity contribution in [2.75, 3.05) is 6.61 Å². The zero-order chi connectivity index (χ0) is 12.2. The lowest BCUT2D eigenvalue weighted by Crippen LogP contribution is -2.45. The first kappa shape index (κ1) is 12.5. The maximum absolute atomic E-state index is 10.7. The summed E-state index contributed by atoms with van der Waals surface area (Å²) in [5.74, 6) is -0.276. The first-order valence-corrected chi connectivity index (χ1v) is 5.13. The van der Waals surface area contributed by atoms with Crippen LogP contribution < -0.4 is 10.5 Å². The van der Waals surface area contributed by atoms with Gasteiger partial charge in [-0.1, -0.05) is 12.1 Å². The molecule has 0 fully saturated rings. The van der Waals surface area contributed by atoms with Gasteiger partial charge in [0.25, 0.3) is 0 Å². The van der Waals surface area contributed by atoms with E-state index in [0.717, 1.165) is 11.3 Å². The third-order valence-electron chi connectivity index (χ3n) is 2.37. The van der Waals surface area contributed by atoms with E-state index in [4.69, 9.17) is 15.6 Å². The maximum atomic E-state index is 10.7. The van der Waals surface area contributed by atoms with Crippen molar-refractivity contribution in [2.24, 2.45) is 5.73 Å². The third kappa shape index (κ3) is 3.55. The number of carboxylic acid groups (broad SMARTS) is 1. The van der Waals surface area contributed by atoms with Gasteiger partial charge < -0.3 is 15.6 Å². The smallest absolute Gasteiger partial charge is 0.323 e. The second-order valence-corrected chi connectivity index (χ2v) is 4.14. The molecule has 0 amide bonds. The zero-order valence-electron chi connectivity index (χ0n) is 9.56. The summed E-state index contributed by atoms with van der Waals surface area (Å²) in [6.07, 6.45) is 0.274. The van der Waals surface area contributed by atoms with E-state index in [1.54, 1.807) is 0 Å². The van der Waals surface area contributed by atoms with Crippen LogP contribution in [0.3, 0.4) is 0 Å². The van der Waals surface area contributed by atoms with Crippen molar-refractivity contribution in [3.8, 4) is 5.75 Å². The van der Waals surface area contributed by atoms with Gasteiger partial charge in [-0.2, -0.15) is 0 Å². The van der Waals surface area contributed by atoms with Gasteiger partial charge in [0.1, 0.15) is 11.3 Å². The minimum absolute atomic E-state index is 0.274. The molecule has 4 nitrogen and oxygen atoms in total. The van der Waals surface area contributed by atoms with Gasteiger partial charge in [-0.15, -0.1) is 0 Å². The van der Waals surface area contributed by atoms with E-state index in [1.807, 2.05) is 31.2 Å². The lowest BCUT2D eigenvalue weighted by molar-refractivity contribution is -0.143. The van der Waals surface area contributed by atoms with E-state index in [1.165, 1.54) is 6.92 Å². The molecule has 1 aromatic rings. The molecule has 1 rings (SSSR count). The Bertz CT molecular complexity index is 374. The monoisotopic (exact) mass is 223 g/mol. The average Bonchev–Trinajstić information content (AvgIpc) is 2.17. The minimum atomic E-state index is -1.23. The molecule has 0 bridgehead atoms. The van der Waals surface area contributed by atoms with Gasteiger partial charge in [-0.25, -0.2) is 0 Å². The van der Waals surface area contributed by atoms with Crippen LogP contribution in [0.2, 0.25) is 0 Å². The van der Waals surface area contributed by atoms with Gasteiger partial charge in [0.15, 0.2) is 0 Å². The molecule has 16 heavy (non-hydrogen) atoms. The Kier molecular flexibility index (Phi) is 3.90. The van der Waals surface area contributed by atoms with Crippen molar-refractivity contribution < 1.29 is 14.6 Å². The molecule has 0 radical (unpaired) electrons. The minimum Gasteiger partial charge on any atom is -0.493 e. The Morgan fingerprint density at radius 2 is 2.25 bits per heavy atom. The molecule has 0 aliphatic rings. The Balaban J connectivity index is 2.45. The van der Waals surface area contributed by atoms with E-state index in [9.17, 15) is 4.79 Å². The summed E-state index contributed by atoms with van der Waals surface area (Å²) >= 11 is 0. The average molecular weight is 223 g/mol. The fourth-order valence-corrected chi connectivity index (χ4v) is 1.19. The first-order chi connectivity index (χ1) is 7.42. The summed E-state index contributed by atoms with van der Waals surface area (Å²) in [4.78, 5) is 10.7. The van der Waals surface area contributed by atoms with Crippen molar-refractivity contribution >= 4 is 5.97 Å². The lowest BCUT2D eigenvalue weighted by Gasteiger charge is -2.19. The molecule has 4 heteroatoms. The van der Waals surface area contributed by atoms with Crippen LogP contribution in [0.15, 0.2) is 24.3 Å². The topological polar surface area (TPSA) is 72.5 Å². The lowest BCUT2D eigenvalue weighted by atomic mass is 10.0. The van der Waals surface area contributed by atoms with Gasteiger partial charge >= 0.3 is 5.97 Å². The van der Waals surface area contributed by atoms with E-state index < -0.39 is 11.5 Å². The summed E-state index contributed by atoms with van der Waals surface area (Å²) in [5, 5.41) is 8.80. The van der Waals surface area contributed by atoms with E-state index in [0.29, 0.717) is 6.61 Å². The summed E-state index contributed by atoms with van der Waals surface area (Å²) in [6, 6.07) is 7.59. The SMILES string of the molecule is Cc1cccc(OCCC(C)(N)C(=O)O)c1. The number of carboxylic acids is 1. The molecule has 0 aliphatic carbocycles. The molecule has 1 unspecified atom stereocenters. The molecule has 3 N–H and O–H groups in total. The molecule has 0 saturated heterocycles. The van der Waals surface area contributed by atoms with Crippen molar-refractivity contribution in [1.82, 2.24) is 0 Å². The number of hydrogen-bond donors (Lipinski definition) is 2. The van der Waals surface area contributed by atoms with Gasteiger partial charge in [-0.3, -0.25) is 4.79 Å². The molecular weight excluding hydrogens is 206 g/mol. The highest BCUT2D eigenvalue weighted by atomic mass is 16.5. The first-order valence-electron chi connectivity index (χ1n) is 5.13. The number of ether oxygens (including phenoxy) is 1.